The van der Waals surface area contributed by atoms with Crippen molar-refractivity contribution in [3.05, 3.63) is 53.9 Å². The van der Waals surface area contributed by atoms with Crippen molar-refractivity contribution in [2.75, 3.05) is 44.2 Å². The number of piperazine rings is 1. The van der Waals surface area contributed by atoms with E-state index < -0.39 is 0 Å². The number of aromatic amines is 1. The van der Waals surface area contributed by atoms with E-state index in [0.717, 1.165) is 60.8 Å². The number of benzene rings is 1. The number of carbonyl (C=O) groups excluding carboxylic acids is 1. The lowest BCUT2D eigenvalue weighted by Gasteiger charge is -2.34. The number of hydrogen-bond donors (Lipinski definition) is 2. The average molecular weight is 408 g/mol. The zero-order valence-corrected chi connectivity index (χ0v) is 17.6. The van der Waals surface area contributed by atoms with Gasteiger partial charge in [-0.1, -0.05) is 13.0 Å². The number of carbonyl (C=O) groups is 1. The first kappa shape index (κ1) is 20.2. The Bertz CT molecular complexity index is 991. The van der Waals surface area contributed by atoms with E-state index in [2.05, 4.69) is 32.0 Å². The van der Waals surface area contributed by atoms with Gasteiger partial charge in [-0.05, 0) is 43.3 Å². The highest BCUT2D eigenvalue weighted by atomic mass is 16.5. The molecule has 2 N–H and O–H groups in total. The second-order valence-corrected chi connectivity index (χ2v) is 7.49. The first-order chi connectivity index (χ1) is 14.7. The molecule has 0 radical (unpaired) electrons. The predicted octanol–water partition coefficient (Wildman–Crippen LogP) is 3.03. The zero-order valence-electron chi connectivity index (χ0n) is 17.6. The number of fused-ring (bicyclic) bond motifs is 1. The van der Waals surface area contributed by atoms with Crippen LogP contribution in [-0.4, -0.2) is 60.1 Å². The number of likely N-dealkylation sites (N-methyl/N-ethyl adjacent to an activating group) is 1. The minimum absolute atomic E-state index is 0.135. The molecule has 0 atom stereocenters. The van der Waals surface area contributed by atoms with Crippen LogP contribution in [0, 0.1) is 0 Å². The number of ether oxygens (including phenoxy) is 1. The SMILES string of the molecule is CCOc1ccc2cc(C(=O)NCc3ccc(N4CCN(CC)CC4)nc3)[nH]c2c1. The second-order valence-electron chi connectivity index (χ2n) is 7.49. The largest absolute Gasteiger partial charge is 0.494 e. The molecule has 158 valence electrons. The highest BCUT2D eigenvalue weighted by Crippen LogP contribution is 2.21. The lowest BCUT2D eigenvalue weighted by Crippen LogP contribution is -2.46. The first-order valence-electron chi connectivity index (χ1n) is 10.6. The normalized spacial score (nSPS) is 14.8. The summed E-state index contributed by atoms with van der Waals surface area (Å²) in [5.74, 6) is 1.66. The molecule has 7 heteroatoms. The Morgan fingerprint density at radius 1 is 1.13 bits per heavy atom. The minimum atomic E-state index is -0.135. The van der Waals surface area contributed by atoms with Crippen LogP contribution >= 0.6 is 0 Å². The van der Waals surface area contributed by atoms with E-state index in [1.165, 1.54) is 0 Å². The summed E-state index contributed by atoms with van der Waals surface area (Å²) in [6.07, 6.45) is 1.85. The summed E-state index contributed by atoms with van der Waals surface area (Å²) in [6, 6.07) is 11.7. The number of nitrogens with zero attached hydrogens (tertiary/aromatic N) is 3. The van der Waals surface area contributed by atoms with Gasteiger partial charge in [-0.15, -0.1) is 0 Å². The van der Waals surface area contributed by atoms with Crippen LogP contribution in [0.1, 0.15) is 29.9 Å². The van der Waals surface area contributed by atoms with Crippen molar-refractivity contribution in [2.45, 2.75) is 20.4 Å². The number of nitrogens with one attached hydrogen (secondary N) is 2. The van der Waals surface area contributed by atoms with Crippen molar-refractivity contribution in [3.8, 4) is 5.75 Å². The summed E-state index contributed by atoms with van der Waals surface area (Å²) in [4.78, 5) is 25.1. The van der Waals surface area contributed by atoms with Crippen molar-refractivity contribution >= 4 is 22.6 Å². The van der Waals surface area contributed by atoms with Gasteiger partial charge in [0, 0.05) is 55.9 Å². The van der Waals surface area contributed by atoms with Crippen LogP contribution < -0.4 is 15.0 Å². The van der Waals surface area contributed by atoms with Gasteiger partial charge in [0.1, 0.15) is 17.3 Å². The summed E-state index contributed by atoms with van der Waals surface area (Å²) in [5, 5.41) is 3.95. The fourth-order valence-electron chi connectivity index (χ4n) is 3.76. The van der Waals surface area contributed by atoms with Gasteiger partial charge in [-0.25, -0.2) is 4.98 Å². The zero-order chi connectivity index (χ0) is 20.9. The summed E-state index contributed by atoms with van der Waals surface area (Å²) in [7, 11) is 0. The Hall–Kier alpha value is -3.06. The molecule has 3 heterocycles. The van der Waals surface area contributed by atoms with Gasteiger partial charge in [0.2, 0.25) is 0 Å². The molecule has 0 saturated carbocycles. The minimum Gasteiger partial charge on any atom is -0.494 e. The molecule has 1 aliphatic heterocycles. The number of amides is 1. The van der Waals surface area contributed by atoms with Crippen LogP contribution in [0.15, 0.2) is 42.6 Å². The van der Waals surface area contributed by atoms with Crippen molar-refractivity contribution in [3.63, 3.8) is 0 Å². The molecule has 0 spiro atoms. The molecule has 3 aromatic rings. The van der Waals surface area contributed by atoms with Crippen molar-refractivity contribution in [1.82, 2.24) is 20.2 Å². The van der Waals surface area contributed by atoms with E-state index >= 15 is 0 Å². The fourth-order valence-corrected chi connectivity index (χ4v) is 3.76. The van der Waals surface area contributed by atoms with E-state index in [0.29, 0.717) is 18.8 Å². The molecular formula is C23H29N5O2. The Morgan fingerprint density at radius 2 is 1.97 bits per heavy atom. The highest BCUT2D eigenvalue weighted by Gasteiger charge is 2.16. The average Bonchev–Trinajstić information content (AvgIpc) is 3.22. The number of H-pyrrole nitrogens is 1. The Balaban J connectivity index is 1.34. The monoisotopic (exact) mass is 407 g/mol. The summed E-state index contributed by atoms with van der Waals surface area (Å²) in [6.45, 7) is 10.5. The Morgan fingerprint density at radius 3 is 2.67 bits per heavy atom. The topological polar surface area (TPSA) is 73.5 Å². The number of rotatable bonds is 7. The molecule has 4 rings (SSSR count). The highest BCUT2D eigenvalue weighted by molar-refractivity contribution is 5.98. The van der Waals surface area contributed by atoms with E-state index in [9.17, 15) is 4.79 Å². The quantitative estimate of drug-likeness (QED) is 0.630. The van der Waals surface area contributed by atoms with Crippen LogP contribution in [0.3, 0.4) is 0 Å². The van der Waals surface area contributed by atoms with Gasteiger partial charge in [0.05, 0.1) is 6.61 Å². The molecule has 0 unspecified atom stereocenters. The molecule has 0 bridgehead atoms. The third-order valence-electron chi connectivity index (χ3n) is 5.56. The maximum absolute atomic E-state index is 12.6. The van der Waals surface area contributed by atoms with Gasteiger partial charge >= 0.3 is 0 Å². The third kappa shape index (κ3) is 4.57. The van der Waals surface area contributed by atoms with Crippen LogP contribution in [0.2, 0.25) is 0 Å². The van der Waals surface area contributed by atoms with Gasteiger partial charge in [-0.3, -0.25) is 4.79 Å². The van der Waals surface area contributed by atoms with Crippen molar-refractivity contribution in [1.29, 1.82) is 0 Å². The summed E-state index contributed by atoms with van der Waals surface area (Å²) >= 11 is 0. The standard InChI is InChI=1S/C23H29N5O2/c1-3-27-9-11-28(12-10-27)22-8-5-17(15-24-22)16-25-23(29)21-13-18-6-7-19(30-4-2)14-20(18)26-21/h5-8,13-15,26H,3-4,9-12,16H2,1-2H3,(H,25,29). The second kappa shape index (κ2) is 9.17. The lowest BCUT2D eigenvalue weighted by molar-refractivity contribution is 0.0946. The molecule has 2 aromatic heterocycles. The van der Waals surface area contributed by atoms with E-state index in [-0.39, 0.29) is 5.91 Å². The molecule has 1 saturated heterocycles. The van der Waals surface area contributed by atoms with Crippen molar-refractivity contribution < 1.29 is 9.53 Å². The van der Waals surface area contributed by atoms with Crippen molar-refractivity contribution in [2.24, 2.45) is 0 Å². The molecule has 1 amide bonds. The number of pyridine rings is 1. The number of hydrogen-bond acceptors (Lipinski definition) is 5. The molecule has 30 heavy (non-hydrogen) atoms. The van der Waals surface area contributed by atoms with Crippen LogP contribution in [0.4, 0.5) is 5.82 Å². The molecule has 1 fully saturated rings. The van der Waals surface area contributed by atoms with Crippen LogP contribution in [0.25, 0.3) is 10.9 Å². The molecule has 0 aliphatic carbocycles. The van der Waals surface area contributed by atoms with E-state index in [4.69, 9.17) is 4.74 Å². The summed E-state index contributed by atoms with van der Waals surface area (Å²) in [5.41, 5.74) is 2.41. The van der Waals surface area contributed by atoms with Crippen LogP contribution in [-0.2, 0) is 6.54 Å². The molecule has 1 aromatic carbocycles. The van der Waals surface area contributed by atoms with Gasteiger partial charge in [-0.2, -0.15) is 0 Å². The van der Waals surface area contributed by atoms with Gasteiger partial charge in [0.15, 0.2) is 0 Å². The third-order valence-corrected chi connectivity index (χ3v) is 5.56. The lowest BCUT2D eigenvalue weighted by atomic mass is 10.2. The number of anilines is 1. The molecule has 1 aliphatic rings. The molecular weight excluding hydrogens is 378 g/mol. The smallest absolute Gasteiger partial charge is 0.267 e. The Kier molecular flexibility index (Phi) is 6.18. The van der Waals surface area contributed by atoms with E-state index in [1.807, 2.05) is 49.5 Å². The number of aromatic nitrogens is 2. The summed E-state index contributed by atoms with van der Waals surface area (Å²) < 4.78 is 5.52. The van der Waals surface area contributed by atoms with Gasteiger partial charge in [0.25, 0.3) is 5.91 Å². The molecule has 7 nitrogen and oxygen atoms in total. The predicted molar refractivity (Wildman–Crippen MR) is 119 cm³/mol. The van der Waals surface area contributed by atoms with Crippen LogP contribution in [0.5, 0.6) is 5.75 Å². The maximum Gasteiger partial charge on any atom is 0.267 e. The fraction of sp³-hybridized carbons (Fsp3) is 0.391. The Labute approximate surface area is 177 Å². The first-order valence-corrected chi connectivity index (χ1v) is 10.6. The maximum atomic E-state index is 12.6. The van der Waals surface area contributed by atoms with Gasteiger partial charge < -0.3 is 24.8 Å². The van der Waals surface area contributed by atoms with E-state index in [1.54, 1.807) is 0 Å².